The molecule has 0 radical (unpaired) electrons. The van der Waals surface area contributed by atoms with Crippen molar-refractivity contribution >= 4 is 34.1 Å². The highest BCUT2D eigenvalue weighted by molar-refractivity contribution is 5.93. The summed E-state index contributed by atoms with van der Waals surface area (Å²) in [5.41, 5.74) is 3.39. The Morgan fingerprint density at radius 3 is 2.66 bits per heavy atom. The van der Waals surface area contributed by atoms with Crippen LogP contribution in [0.2, 0.25) is 0 Å². The molecule has 1 amide bonds. The fraction of sp³-hybridized carbons (Fsp3) is 0.444. The molecule has 1 N–H and O–H groups in total. The number of piperazine rings is 1. The zero-order chi connectivity index (χ0) is 24.2. The summed E-state index contributed by atoms with van der Waals surface area (Å²) in [6.07, 6.45) is 3.34. The number of hydrogen-bond acceptors (Lipinski definition) is 7. The second-order valence-electron chi connectivity index (χ2n) is 9.50. The van der Waals surface area contributed by atoms with E-state index >= 15 is 0 Å². The van der Waals surface area contributed by atoms with Crippen molar-refractivity contribution in [2.45, 2.75) is 25.7 Å². The maximum absolute atomic E-state index is 11.6. The molecule has 1 fully saturated rings. The van der Waals surface area contributed by atoms with E-state index in [1.165, 1.54) is 11.1 Å². The summed E-state index contributed by atoms with van der Waals surface area (Å²) < 4.78 is 5.84. The van der Waals surface area contributed by atoms with Crippen molar-refractivity contribution in [2.75, 3.05) is 68.5 Å². The zero-order valence-corrected chi connectivity index (χ0v) is 20.7. The van der Waals surface area contributed by atoms with E-state index in [4.69, 9.17) is 9.72 Å². The molecule has 2 aromatic heterocycles. The topological polar surface area (TPSA) is 73.8 Å². The second kappa shape index (κ2) is 10.5. The molecular formula is C27H34N6O2. The van der Waals surface area contributed by atoms with Crippen LogP contribution in [-0.4, -0.2) is 74.2 Å². The van der Waals surface area contributed by atoms with E-state index in [2.05, 4.69) is 55.3 Å². The molecular weight excluding hydrogens is 440 g/mol. The number of rotatable bonds is 8. The van der Waals surface area contributed by atoms with Gasteiger partial charge in [-0.15, -0.1) is 0 Å². The van der Waals surface area contributed by atoms with Crippen molar-refractivity contribution in [3.8, 4) is 5.88 Å². The van der Waals surface area contributed by atoms with Crippen LogP contribution in [0.3, 0.4) is 0 Å². The second-order valence-corrected chi connectivity index (χ2v) is 9.50. The Bertz CT molecular complexity index is 1190. The lowest BCUT2D eigenvalue weighted by molar-refractivity contribution is -0.116. The van der Waals surface area contributed by atoms with Gasteiger partial charge in [-0.2, -0.15) is 4.98 Å². The van der Waals surface area contributed by atoms with Gasteiger partial charge in [0.05, 0.1) is 17.8 Å². The van der Waals surface area contributed by atoms with Gasteiger partial charge in [0.15, 0.2) is 0 Å². The van der Waals surface area contributed by atoms with Crippen LogP contribution in [0.1, 0.15) is 24.8 Å². The van der Waals surface area contributed by atoms with E-state index in [-0.39, 0.29) is 5.91 Å². The summed E-state index contributed by atoms with van der Waals surface area (Å²) in [5.74, 6) is 2.25. The number of unbranched alkanes of at least 4 members (excludes halogenated alkanes) is 1. The smallest absolute Gasteiger partial charge is 0.225 e. The standard InChI is InChI=1S/C27H34N6O2/c1-31(2)23-11-8-20-6-5-7-22(26(20)28-23)33-17-15-32(16-18-33)14-3-4-19-35-25-13-10-21-9-12-24(34)29-27(21)30-25/h5-8,10-11,13H,3-4,9,12,14-19H2,1-2H3,(H,29,30,34). The Hall–Kier alpha value is -3.39. The average molecular weight is 475 g/mol. The third-order valence-electron chi connectivity index (χ3n) is 6.81. The van der Waals surface area contributed by atoms with Gasteiger partial charge < -0.3 is 19.9 Å². The van der Waals surface area contributed by atoms with Crippen LogP contribution in [0.5, 0.6) is 5.88 Å². The molecule has 184 valence electrons. The van der Waals surface area contributed by atoms with E-state index in [1.807, 2.05) is 26.2 Å². The number of carbonyl (C=O) groups excluding carboxylic acids is 1. The normalized spacial score (nSPS) is 16.2. The van der Waals surface area contributed by atoms with Crippen LogP contribution >= 0.6 is 0 Å². The number of benzene rings is 1. The number of hydrogen-bond donors (Lipinski definition) is 1. The molecule has 2 aliphatic rings. The molecule has 3 aromatic rings. The van der Waals surface area contributed by atoms with Crippen molar-refractivity contribution in [1.82, 2.24) is 14.9 Å². The predicted octanol–water partition coefficient (Wildman–Crippen LogP) is 3.56. The number of para-hydroxylation sites is 1. The van der Waals surface area contributed by atoms with Crippen molar-refractivity contribution in [3.63, 3.8) is 0 Å². The average Bonchev–Trinajstić information content (AvgIpc) is 2.88. The first-order chi connectivity index (χ1) is 17.1. The lowest BCUT2D eigenvalue weighted by atomic mass is 10.1. The molecule has 8 heteroatoms. The largest absolute Gasteiger partial charge is 0.478 e. The molecule has 0 unspecified atom stereocenters. The third-order valence-corrected chi connectivity index (χ3v) is 6.81. The molecule has 0 aliphatic carbocycles. The van der Waals surface area contributed by atoms with Crippen molar-refractivity contribution in [2.24, 2.45) is 0 Å². The van der Waals surface area contributed by atoms with Gasteiger partial charge in [-0.1, -0.05) is 12.1 Å². The number of nitrogens with one attached hydrogen (secondary N) is 1. The fourth-order valence-corrected chi connectivity index (χ4v) is 4.76. The van der Waals surface area contributed by atoms with Gasteiger partial charge in [0.25, 0.3) is 0 Å². The molecule has 2 aliphatic heterocycles. The number of ether oxygens (including phenoxy) is 1. The number of pyridine rings is 2. The number of aryl methyl sites for hydroxylation is 1. The van der Waals surface area contributed by atoms with Crippen LogP contribution < -0.4 is 19.9 Å². The first-order valence-electron chi connectivity index (χ1n) is 12.5. The number of amides is 1. The number of aromatic nitrogens is 2. The van der Waals surface area contributed by atoms with Crippen molar-refractivity contribution in [1.29, 1.82) is 0 Å². The molecule has 0 atom stereocenters. The number of fused-ring (bicyclic) bond motifs is 2. The van der Waals surface area contributed by atoms with Crippen LogP contribution in [0.15, 0.2) is 42.5 Å². The first-order valence-corrected chi connectivity index (χ1v) is 12.5. The van der Waals surface area contributed by atoms with Gasteiger partial charge >= 0.3 is 0 Å². The van der Waals surface area contributed by atoms with Crippen LogP contribution in [0, 0.1) is 0 Å². The van der Waals surface area contributed by atoms with Gasteiger partial charge in [0.1, 0.15) is 11.6 Å². The minimum atomic E-state index is 0.0253. The third kappa shape index (κ3) is 5.48. The summed E-state index contributed by atoms with van der Waals surface area (Å²) >= 11 is 0. The van der Waals surface area contributed by atoms with E-state index in [0.717, 1.165) is 68.9 Å². The maximum Gasteiger partial charge on any atom is 0.225 e. The highest BCUT2D eigenvalue weighted by Crippen LogP contribution is 2.28. The highest BCUT2D eigenvalue weighted by Gasteiger charge is 2.20. The minimum absolute atomic E-state index is 0.0253. The van der Waals surface area contributed by atoms with Crippen LogP contribution in [-0.2, 0) is 11.2 Å². The predicted molar refractivity (Wildman–Crippen MR) is 141 cm³/mol. The molecule has 4 heterocycles. The lowest BCUT2D eigenvalue weighted by Gasteiger charge is -2.36. The SMILES string of the molecule is CN(C)c1ccc2cccc(N3CCN(CCCCOc4ccc5c(n4)NC(=O)CC5)CC3)c2n1. The van der Waals surface area contributed by atoms with Gasteiger partial charge in [-0.05, 0) is 55.6 Å². The molecule has 1 saturated heterocycles. The Morgan fingerprint density at radius 1 is 0.971 bits per heavy atom. The molecule has 1 aromatic carbocycles. The molecule has 8 nitrogen and oxygen atoms in total. The molecule has 5 rings (SSSR count). The van der Waals surface area contributed by atoms with Gasteiger partial charge in [0.2, 0.25) is 11.8 Å². The Morgan fingerprint density at radius 2 is 1.83 bits per heavy atom. The quantitative estimate of drug-likeness (QED) is 0.501. The Balaban J connectivity index is 1.07. The van der Waals surface area contributed by atoms with E-state index in [1.54, 1.807) is 0 Å². The highest BCUT2D eigenvalue weighted by atomic mass is 16.5. The summed E-state index contributed by atoms with van der Waals surface area (Å²) in [4.78, 5) is 28.0. The fourth-order valence-electron chi connectivity index (χ4n) is 4.76. The maximum atomic E-state index is 11.6. The molecule has 35 heavy (non-hydrogen) atoms. The minimum Gasteiger partial charge on any atom is -0.478 e. The van der Waals surface area contributed by atoms with Gasteiger partial charge in [-0.25, -0.2) is 4.98 Å². The molecule has 0 saturated carbocycles. The number of nitrogens with zero attached hydrogens (tertiary/aromatic N) is 5. The molecule has 0 bridgehead atoms. The van der Waals surface area contributed by atoms with Crippen molar-refractivity contribution < 1.29 is 9.53 Å². The summed E-state index contributed by atoms with van der Waals surface area (Å²) in [6, 6.07) is 14.6. The summed E-state index contributed by atoms with van der Waals surface area (Å²) in [5, 5.41) is 4.02. The summed E-state index contributed by atoms with van der Waals surface area (Å²) in [7, 11) is 4.06. The van der Waals surface area contributed by atoms with E-state index in [0.29, 0.717) is 24.7 Å². The monoisotopic (exact) mass is 474 g/mol. The van der Waals surface area contributed by atoms with Crippen LogP contribution in [0.25, 0.3) is 10.9 Å². The van der Waals surface area contributed by atoms with Crippen molar-refractivity contribution in [3.05, 3.63) is 48.0 Å². The van der Waals surface area contributed by atoms with E-state index < -0.39 is 0 Å². The van der Waals surface area contributed by atoms with Gasteiger partial charge in [-0.3, -0.25) is 9.69 Å². The summed E-state index contributed by atoms with van der Waals surface area (Å²) in [6.45, 7) is 5.83. The van der Waals surface area contributed by atoms with E-state index in [9.17, 15) is 4.79 Å². The Kier molecular flexibility index (Phi) is 6.99. The number of carbonyl (C=O) groups is 1. The number of anilines is 3. The zero-order valence-electron chi connectivity index (χ0n) is 20.7. The first kappa shape index (κ1) is 23.4. The Labute approximate surface area is 206 Å². The lowest BCUT2D eigenvalue weighted by Crippen LogP contribution is -2.46. The van der Waals surface area contributed by atoms with Gasteiger partial charge in [0, 0.05) is 58.1 Å². The van der Waals surface area contributed by atoms with Crippen LogP contribution in [0.4, 0.5) is 17.3 Å². The molecule has 0 spiro atoms.